The van der Waals surface area contributed by atoms with Gasteiger partial charge in [0.05, 0.1) is 30.8 Å². The van der Waals surface area contributed by atoms with Crippen molar-refractivity contribution in [1.82, 2.24) is 9.97 Å². The number of aryl methyl sites for hydroxylation is 1. The third kappa shape index (κ3) is 3.25. The molecule has 0 aliphatic carbocycles. The smallest absolute Gasteiger partial charge is 0.335 e. The van der Waals surface area contributed by atoms with E-state index in [-0.39, 0.29) is 36.0 Å². The molecule has 3 aromatic rings. The van der Waals surface area contributed by atoms with Crippen LogP contribution in [0.3, 0.4) is 0 Å². The van der Waals surface area contributed by atoms with E-state index >= 15 is 8.78 Å². The van der Waals surface area contributed by atoms with Crippen molar-refractivity contribution in [2.75, 3.05) is 22.2 Å². The number of fused-ring (bicyclic) bond motifs is 3. The van der Waals surface area contributed by atoms with Gasteiger partial charge in [0.25, 0.3) is 0 Å². The predicted molar refractivity (Wildman–Crippen MR) is 117 cm³/mol. The molecule has 0 unspecified atom stereocenters. The Morgan fingerprint density at radius 2 is 1.91 bits per heavy atom. The van der Waals surface area contributed by atoms with Crippen molar-refractivity contribution in [2.24, 2.45) is 0 Å². The quantitative estimate of drug-likeness (QED) is 0.607. The molecule has 8 nitrogen and oxygen atoms in total. The van der Waals surface area contributed by atoms with Crippen molar-refractivity contribution in [1.29, 1.82) is 0 Å². The summed E-state index contributed by atoms with van der Waals surface area (Å²) in [5.41, 5.74) is 0.955. The van der Waals surface area contributed by atoms with Gasteiger partial charge in [0, 0.05) is 23.5 Å². The number of halogens is 3. The summed E-state index contributed by atoms with van der Waals surface area (Å²) in [6.07, 6.45) is 2.82. The van der Waals surface area contributed by atoms with Crippen molar-refractivity contribution < 1.29 is 23.1 Å². The van der Waals surface area contributed by atoms with E-state index in [0.29, 0.717) is 27.7 Å². The Balaban J connectivity index is 1.74. The molecular formula is C22H16ClF2N5O3. The van der Waals surface area contributed by atoms with Crippen molar-refractivity contribution in [3.8, 4) is 5.75 Å². The molecular weight excluding hydrogens is 456 g/mol. The van der Waals surface area contributed by atoms with Gasteiger partial charge in [-0.3, -0.25) is 9.69 Å². The molecule has 0 saturated heterocycles. The Bertz CT molecular complexity index is 1330. The molecule has 5 rings (SSSR count). The summed E-state index contributed by atoms with van der Waals surface area (Å²) in [7, 11) is 1.26. The van der Waals surface area contributed by atoms with Crippen molar-refractivity contribution in [2.45, 2.75) is 19.9 Å². The molecule has 1 N–H and O–H groups in total. The number of carbonyl (C=O) groups excluding carboxylic acids is 2. The van der Waals surface area contributed by atoms with Crippen LogP contribution in [0.15, 0.2) is 30.6 Å². The number of methoxy groups -OCH3 is 1. The monoisotopic (exact) mass is 471 g/mol. The van der Waals surface area contributed by atoms with Gasteiger partial charge < -0.3 is 10.1 Å². The number of nitrogens with one attached hydrogen (secondary N) is 1. The average molecular weight is 472 g/mol. The molecule has 0 spiro atoms. The fraction of sp³-hybridized carbons (Fsp3) is 0.182. The maximum Gasteiger partial charge on any atom is 0.335 e. The zero-order valence-corrected chi connectivity index (χ0v) is 18.2. The van der Waals surface area contributed by atoms with Crippen LogP contribution in [-0.4, -0.2) is 29.0 Å². The highest BCUT2D eigenvalue weighted by Gasteiger charge is 2.40. The molecule has 0 fully saturated rings. The average Bonchev–Trinajstić information content (AvgIpc) is 3.18. The number of benzene rings is 1. The first kappa shape index (κ1) is 21.1. The number of hydrogen-bond acceptors (Lipinski definition) is 5. The first-order chi connectivity index (χ1) is 15.8. The molecule has 11 heteroatoms. The minimum Gasteiger partial charge on any atom is -0.494 e. The van der Waals surface area contributed by atoms with Gasteiger partial charge in [-0.25, -0.2) is 28.4 Å². The minimum absolute atomic E-state index is 0.00384. The number of ether oxygens (including phenoxy) is 1. The Labute approximate surface area is 191 Å². The van der Waals surface area contributed by atoms with Gasteiger partial charge in [0.1, 0.15) is 17.3 Å². The van der Waals surface area contributed by atoms with Crippen LogP contribution in [0.5, 0.6) is 5.75 Å². The number of hydrogen-bond donors (Lipinski definition) is 1. The molecule has 2 aliphatic rings. The van der Waals surface area contributed by atoms with E-state index in [2.05, 4.69) is 15.3 Å². The third-order valence-corrected chi connectivity index (χ3v) is 5.77. The van der Waals surface area contributed by atoms with Crippen LogP contribution < -0.4 is 19.9 Å². The molecule has 0 bridgehead atoms. The van der Waals surface area contributed by atoms with Crippen molar-refractivity contribution in [3.05, 3.63) is 63.9 Å². The maximum atomic E-state index is 15.2. The summed E-state index contributed by atoms with van der Waals surface area (Å²) < 4.78 is 35.4. The molecule has 2 aromatic heterocycles. The molecule has 3 amide bonds. The first-order valence-corrected chi connectivity index (χ1v) is 10.2. The van der Waals surface area contributed by atoms with E-state index < -0.39 is 23.4 Å². The Hall–Kier alpha value is -3.79. The summed E-state index contributed by atoms with van der Waals surface area (Å²) in [6, 6.07) is 3.52. The summed E-state index contributed by atoms with van der Waals surface area (Å²) in [5, 5.41) is 2.99. The fourth-order valence-corrected chi connectivity index (χ4v) is 4.16. The SMILES string of the molecule is COc1cc(C)c(F)c(N2Cc3cnc4c(c3N(c3ccc(Cl)cn3)C2=O)CC(=O)N4)c1F. The second-order valence-corrected chi connectivity index (χ2v) is 8.03. The summed E-state index contributed by atoms with van der Waals surface area (Å²) in [6.45, 7) is 1.28. The van der Waals surface area contributed by atoms with E-state index in [1.165, 1.54) is 49.5 Å². The van der Waals surface area contributed by atoms with Crippen LogP contribution in [0, 0.1) is 18.6 Å². The van der Waals surface area contributed by atoms with E-state index in [0.717, 1.165) is 4.90 Å². The predicted octanol–water partition coefficient (Wildman–Crippen LogP) is 4.50. The lowest BCUT2D eigenvalue weighted by atomic mass is 10.0. The van der Waals surface area contributed by atoms with Gasteiger partial charge in [0.15, 0.2) is 17.4 Å². The number of rotatable bonds is 3. The normalized spacial score (nSPS) is 14.8. The van der Waals surface area contributed by atoms with Gasteiger partial charge in [-0.1, -0.05) is 11.6 Å². The first-order valence-electron chi connectivity index (χ1n) is 9.86. The van der Waals surface area contributed by atoms with E-state index in [1.807, 2.05) is 0 Å². The van der Waals surface area contributed by atoms with Gasteiger partial charge in [-0.15, -0.1) is 0 Å². The Morgan fingerprint density at radius 1 is 1.12 bits per heavy atom. The Kier molecular flexibility index (Phi) is 4.89. The number of carbonyl (C=O) groups is 2. The number of nitrogens with zero attached hydrogens (tertiary/aromatic N) is 4. The Morgan fingerprint density at radius 3 is 2.61 bits per heavy atom. The van der Waals surface area contributed by atoms with E-state index in [9.17, 15) is 9.59 Å². The van der Waals surface area contributed by atoms with Crippen LogP contribution in [0.25, 0.3) is 0 Å². The third-order valence-electron chi connectivity index (χ3n) is 5.55. The summed E-state index contributed by atoms with van der Waals surface area (Å²) in [5.74, 6) is -1.87. The van der Waals surface area contributed by atoms with Crippen molar-refractivity contribution >= 4 is 46.5 Å². The fourth-order valence-electron chi connectivity index (χ4n) is 4.04. The van der Waals surface area contributed by atoms with E-state index in [1.54, 1.807) is 0 Å². The molecule has 2 aliphatic heterocycles. The largest absolute Gasteiger partial charge is 0.494 e. The van der Waals surface area contributed by atoms with Gasteiger partial charge in [-0.2, -0.15) is 0 Å². The van der Waals surface area contributed by atoms with Crippen LogP contribution in [0.2, 0.25) is 5.02 Å². The summed E-state index contributed by atoms with van der Waals surface area (Å²) >= 11 is 5.96. The van der Waals surface area contributed by atoms with Gasteiger partial charge in [0.2, 0.25) is 5.91 Å². The second-order valence-electron chi connectivity index (χ2n) is 7.60. The minimum atomic E-state index is -1.01. The number of anilines is 4. The zero-order valence-electron chi connectivity index (χ0n) is 17.4. The summed E-state index contributed by atoms with van der Waals surface area (Å²) in [4.78, 5) is 36.5. The topological polar surface area (TPSA) is 87.7 Å². The highest BCUT2D eigenvalue weighted by atomic mass is 35.5. The van der Waals surface area contributed by atoms with Gasteiger partial charge in [-0.05, 0) is 30.7 Å². The van der Waals surface area contributed by atoms with Crippen molar-refractivity contribution in [3.63, 3.8) is 0 Å². The van der Waals surface area contributed by atoms with E-state index in [4.69, 9.17) is 16.3 Å². The lowest BCUT2D eigenvalue weighted by Gasteiger charge is -2.37. The molecule has 168 valence electrons. The number of aromatic nitrogens is 2. The molecule has 33 heavy (non-hydrogen) atoms. The van der Waals surface area contributed by atoms with Crippen LogP contribution in [0.4, 0.5) is 36.6 Å². The molecule has 0 atom stereocenters. The molecule has 1 aromatic carbocycles. The maximum absolute atomic E-state index is 15.2. The number of pyridine rings is 2. The lowest BCUT2D eigenvalue weighted by molar-refractivity contribution is -0.115. The van der Waals surface area contributed by atoms with Crippen LogP contribution in [-0.2, 0) is 17.8 Å². The molecule has 0 radical (unpaired) electrons. The van der Waals surface area contributed by atoms with Crippen LogP contribution >= 0.6 is 11.6 Å². The second kappa shape index (κ2) is 7.66. The highest BCUT2D eigenvalue weighted by molar-refractivity contribution is 6.30. The van der Waals surface area contributed by atoms with Gasteiger partial charge >= 0.3 is 6.03 Å². The van der Waals surface area contributed by atoms with Crippen LogP contribution in [0.1, 0.15) is 16.7 Å². The highest BCUT2D eigenvalue weighted by Crippen LogP contribution is 2.44. The number of urea groups is 1. The number of amides is 3. The molecule has 4 heterocycles. The standard InChI is InChI=1S/C22H16ClF2N5O3/c1-10-5-14(33-2)18(25)20(17(10)24)29-9-11-7-27-21-13(6-16(31)28-21)19(11)30(22(29)32)15-4-3-12(23)8-26-15/h3-5,7-8H,6,9H2,1-2H3,(H,27,28,31). The zero-order chi connectivity index (χ0) is 23.4. The molecule has 0 saturated carbocycles. The lowest BCUT2D eigenvalue weighted by Crippen LogP contribution is -2.46.